The van der Waals surface area contributed by atoms with Crippen LogP contribution in [0.1, 0.15) is 42.8 Å². The van der Waals surface area contributed by atoms with Gasteiger partial charge in [-0.1, -0.05) is 0 Å². The number of carbonyl (C=O) groups is 1. The van der Waals surface area contributed by atoms with Crippen LogP contribution in [0, 0.1) is 6.92 Å². The van der Waals surface area contributed by atoms with Gasteiger partial charge in [-0.05, 0) is 49.7 Å². The van der Waals surface area contributed by atoms with Crippen molar-refractivity contribution in [2.24, 2.45) is 7.05 Å². The van der Waals surface area contributed by atoms with E-state index < -0.39 is 0 Å². The van der Waals surface area contributed by atoms with Gasteiger partial charge in [0.05, 0.1) is 24.4 Å². The second-order valence-corrected chi connectivity index (χ2v) is 10.0. The molecule has 0 spiro atoms. The smallest absolute Gasteiger partial charge is 0.409 e. The molecule has 182 valence electrons. The van der Waals surface area contributed by atoms with Gasteiger partial charge in [-0.3, -0.25) is 9.58 Å². The number of ether oxygens (including phenoxy) is 1. The van der Waals surface area contributed by atoms with Gasteiger partial charge >= 0.3 is 6.09 Å². The van der Waals surface area contributed by atoms with Crippen molar-refractivity contribution in [3.8, 4) is 0 Å². The van der Waals surface area contributed by atoms with E-state index in [4.69, 9.17) is 14.7 Å². The minimum atomic E-state index is -0.218. The summed E-state index contributed by atoms with van der Waals surface area (Å²) in [6.45, 7) is 5.35. The Balaban J connectivity index is 1.23. The Hall–Kier alpha value is -2.79. The fourth-order valence-corrected chi connectivity index (χ4v) is 5.94. The van der Waals surface area contributed by atoms with Crippen LogP contribution in [0.15, 0.2) is 12.4 Å². The van der Waals surface area contributed by atoms with Crippen molar-refractivity contribution in [2.75, 3.05) is 38.6 Å². The normalized spacial score (nSPS) is 21.7. The first-order valence-corrected chi connectivity index (χ1v) is 12.7. The number of hydrogen-bond acceptors (Lipinski definition) is 9. The number of piperazine rings is 1. The van der Waals surface area contributed by atoms with Gasteiger partial charge in [-0.25, -0.2) is 14.8 Å². The van der Waals surface area contributed by atoms with Crippen molar-refractivity contribution >= 4 is 33.7 Å². The molecule has 0 bridgehead atoms. The van der Waals surface area contributed by atoms with Gasteiger partial charge < -0.3 is 15.0 Å². The lowest BCUT2D eigenvalue weighted by atomic mass is 9.89. The van der Waals surface area contributed by atoms with Crippen molar-refractivity contribution in [1.29, 1.82) is 0 Å². The lowest BCUT2D eigenvalue weighted by Gasteiger charge is -2.41. The van der Waals surface area contributed by atoms with E-state index in [9.17, 15) is 4.79 Å². The maximum atomic E-state index is 11.7. The third-order valence-electron chi connectivity index (χ3n) is 6.97. The molecule has 1 amide bonds. The Labute approximate surface area is 203 Å². The van der Waals surface area contributed by atoms with Gasteiger partial charge in [-0.15, -0.1) is 0 Å². The summed E-state index contributed by atoms with van der Waals surface area (Å²) in [5.41, 5.74) is 2.08. The molecule has 3 aromatic rings. The minimum Gasteiger partial charge on any atom is -0.453 e. The van der Waals surface area contributed by atoms with Crippen LogP contribution in [-0.2, 0) is 18.2 Å². The van der Waals surface area contributed by atoms with Gasteiger partial charge in [0, 0.05) is 57.9 Å². The first-order chi connectivity index (χ1) is 16.5. The lowest BCUT2D eigenvalue weighted by molar-refractivity contribution is 0.0642. The standard InChI is InChI=1S/C23H32N8O2S/c1-15-20-21(26-19(27-22(20)34-28-15)12-16-13-24-29(2)14-16)25-17-4-6-18(7-5-17)30-8-10-31(11-9-30)23(32)33-3/h13-14,17-18H,4-12H2,1-3H3,(H,25,26,27). The predicted molar refractivity (Wildman–Crippen MR) is 131 cm³/mol. The van der Waals surface area contributed by atoms with E-state index in [1.165, 1.54) is 18.6 Å². The molecule has 1 saturated carbocycles. The van der Waals surface area contributed by atoms with Crippen molar-refractivity contribution in [2.45, 2.75) is 51.1 Å². The molecule has 1 N–H and O–H groups in total. The molecule has 2 fully saturated rings. The number of methoxy groups -OCH3 is 1. The molecule has 0 aromatic carbocycles. The van der Waals surface area contributed by atoms with Crippen LogP contribution in [0.25, 0.3) is 10.2 Å². The molecule has 11 heteroatoms. The summed E-state index contributed by atoms with van der Waals surface area (Å²) in [4.78, 5) is 26.7. The molecule has 0 atom stereocenters. The lowest BCUT2D eigenvalue weighted by Crippen LogP contribution is -2.53. The molecule has 4 heterocycles. The molecule has 1 saturated heterocycles. The highest BCUT2D eigenvalue weighted by molar-refractivity contribution is 7.13. The van der Waals surface area contributed by atoms with E-state index in [0.29, 0.717) is 18.5 Å². The van der Waals surface area contributed by atoms with E-state index in [-0.39, 0.29) is 6.09 Å². The fraction of sp³-hybridized carbons (Fsp3) is 0.609. The summed E-state index contributed by atoms with van der Waals surface area (Å²) in [6.07, 6.45) is 8.80. The van der Waals surface area contributed by atoms with Gasteiger partial charge in [0.1, 0.15) is 16.5 Å². The summed E-state index contributed by atoms with van der Waals surface area (Å²) in [7, 11) is 3.37. The molecule has 5 rings (SSSR count). The summed E-state index contributed by atoms with van der Waals surface area (Å²) < 4.78 is 11.2. The Morgan fingerprint density at radius 3 is 2.62 bits per heavy atom. The SMILES string of the molecule is COC(=O)N1CCN(C2CCC(Nc3nc(Cc4cnn(C)c4)nc4snc(C)c34)CC2)CC1. The highest BCUT2D eigenvalue weighted by Crippen LogP contribution is 2.31. The number of rotatable bonds is 5. The number of carbonyl (C=O) groups excluding carboxylic acids is 1. The van der Waals surface area contributed by atoms with E-state index in [1.807, 2.05) is 26.4 Å². The number of anilines is 1. The number of fused-ring (bicyclic) bond motifs is 1. The van der Waals surface area contributed by atoms with E-state index in [2.05, 4.69) is 19.7 Å². The monoisotopic (exact) mass is 484 g/mol. The number of amides is 1. The van der Waals surface area contributed by atoms with E-state index in [1.54, 1.807) is 9.58 Å². The Bertz CT molecular complexity index is 1150. The Morgan fingerprint density at radius 1 is 1.18 bits per heavy atom. The fourth-order valence-electron chi connectivity index (χ4n) is 5.14. The number of nitrogens with zero attached hydrogens (tertiary/aromatic N) is 7. The van der Waals surface area contributed by atoms with Crippen molar-refractivity contribution in [3.05, 3.63) is 29.5 Å². The molecule has 10 nitrogen and oxygen atoms in total. The topological polar surface area (TPSA) is 101 Å². The van der Waals surface area contributed by atoms with Crippen LogP contribution in [0.3, 0.4) is 0 Å². The van der Waals surface area contributed by atoms with Crippen LogP contribution < -0.4 is 5.32 Å². The molecule has 2 aliphatic rings. The van der Waals surface area contributed by atoms with E-state index in [0.717, 1.165) is 85.0 Å². The molecular formula is C23H32N8O2S. The average molecular weight is 485 g/mol. The summed E-state index contributed by atoms with van der Waals surface area (Å²) in [5, 5.41) is 9.05. The largest absolute Gasteiger partial charge is 0.453 e. The second kappa shape index (κ2) is 9.83. The van der Waals surface area contributed by atoms with E-state index >= 15 is 0 Å². The molecular weight excluding hydrogens is 452 g/mol. The van der Waals surface area contributed by atoms with Gasteiger partial charge in [-0.2, -0.15) is 9.47 Å². The number of hydrogen-bond donors (Lipinski definition) is 1. The molecule has 0 radical (unpaired) electrons. The van der Waals surface area contributed by atoms with Gasteiger partial charge in [0.25, 0.3) is 0 Å². The molecule has 0 unspecified atom stereocenters. The number of nitrogens with one attached hydrogen (secondary N) is 1. The highest BCUT2D eigenvalue weighted by atomic mass is 32.1. The van der Waals surface area contributed by atoms with Crippen molar-refractivity contribution in [1.82, 2.24) is 33.9 Å². The average Bonchev–Trinajstić information content (AvgIpc) is 3.44. The molecule has 34 heavy (non-hydrogen) atoms. The highest BCUT2D eigenvalue weighted by Gasteiger charge is 2.30. The first-order valence-electron chi connectivity index (χ1n) is 11.9. The predicted octanol–water partition coefficient (Wildman–Crippen LogP) is 2.83. The third kappa shape index (κ3) is 4.85. The zero-order valence-corrected chi connectivity index (χ0v) is 20.8. The quantitative estimate of drug-likeness (QED) is 0.590. The van der Waals surface area contributed by atoms with Crippen LogP contribution in [0.2, 0.25) is 0 Å². The number of aryl methyl sites for hydroxylation is 2. The maximum absolute atomic E-state index is 11.7. The van der Waals surface area contributed by atoms with Crippen LogP contribution in [-0.4, -0.2) is 85.4 Å². The van der Waals surface area contributed by atoms with Crippen LogP contribution >= 0.6 is 11.5 Å². The van der Waals surface area contributed by atoms with Crippen LogP contribution in [0.5, 0.6) is 0 Å². The third-order valence-corrected chi connectivity index (χ3v) is 7.81. The van der Waals surface area contributed by atoms with Crippen molar-refractivity contribution in [3.63, 3.8) is 0 Å². The summed E-state index contributed by atoms with van der Waals surface area (Å²) in [5.74, 6) is 1.70. The summed E-state index contributed by atoms with van der Waals surface area (Å²) >= 11 is 1.44. The van der Waals surface area contributed by atoms with Gasteiger partial charge in [0.15, 0.2) is 0 Å². The molecule has 1 aliphatic carbocycles. The number of aromatic nitrogens is 5. The zero-order valence-electron chi connectivity index (χ0n) is 20.0. The minimum absolute atomic E-state index is 0.218. The first kappa shape index (κ1) is 23.0. The molecule has 3 aromatic heterocycles. The Kier molecular flexibility index (Phi) is 6.64. The second-order valence-electron chi connectivity index (χ2n) is 9.28. The maximum Gasteiger partial charge on any atom is 0.409 e. The molecule has 1 aliphatic heterocycles. The Morgan fingerprint density at radius 2 is 1.94 bits per heavy atom. The van der Waals surface area contributed by atoms with Crippen molar-refractivity contribution < 1.29 is 9.53 Å². The van der Waals surface area contributed by atoms with Crippen LogP contribution in [0.4, 0.5) is 10.6 Å². The zero-order chi connectivity index (χ0) is 23.7. The van der Waals surface area contributed by atoms with Gasteiger partial charge in [0.2, 0.25) is 0 Å². The summed E-state index contributed by atoms with van der Waals surface area (Å²) in [6, 6.07) is 0.963.